The van der Waals surface area contributed by atoms with Crippen LogP contribution in [0.15, 0.2) is 47.7 Å². The molecule has 1 amide bonds. The highest BCUT2D eigenvalue weighted by Gasteiger charge is 2.38. The van der Waals surface area contributed by atoms with Crippen LogP contribution in [0.5, 0.6) is 0 Å². The number of hydrogen-bond donors (Lipinski definition) is 1. The van der Waals surface area contributed by atoms with Gasteiger partial charge in [-0.05, 0) is 18.4 Å². The summed E-state index contributed by atoms with van der Waals surface area (Å²) in [7, 11) is 1.73. The Kier molecular flexibility index (Phi) is 4.06. The Balaban J connectivity index is 1.46. The first kappa shape index (κ1) is 16.5. The Hall–Kier alpha value is -2.96. The predicted octanol–water partition coefficient (Wildman–Crippen LogP) is 1.37. The zero-order valence-electron chi connectivity index (χ0n) is 14.7. The fraction of sp³-hybridized carbons (Fsp3) is 0.368. The third-order valence-electron chi connectivity index (χ3n) is 5.35. The minimum absolute atomic E-state index is 0.0213. The number of carbonyl (C=O) groups excluding carboxylic acids is 1. The van der Waals surface area contributed by atoms with Gasteiger partial charge in [0.2, 0.25) is 5.91 Å². The van der Waals surface area contributed by atoms with Crippen LogP contribution < -0.4 is 10.9 Å². The van der Waals surface area contributed by atoms with Crippen LogP contribution in [0.4, 0.5) is 0 Å². The molecule has 1 aromatic carbocycles. The second-order valence-corrected chi connectivity index (χ2v) is 6.96. The quantitative estimate of drug-likeness (QED) is 0.753. The number of nitrogens with zero attached hydrogens (tertiary/aromatic N) is 4. The molecule has 0 unspecified atom stereocenters. The van der Waals surface area contributed by atoms with Crippen LogP contribution in [0.1, 0.15) is 24.8 Å². The number of benzene rings is 1. The van der Waals surface area contributed by atoms with Crippen LogP contribution in [0, 0.1) is 0 Å². The van der Waals surface area contributed by atoms with Crippen LogP contribution in [0.3, 0.4) is 0 Å². The molecule has 1 saturated carbocycles. The third kappa shape index (κ3) is 2.79. The lowest BCUT2D eigenvalue weighted by molar-refractivity contribution is -0.122. The molecule has 7 heteroatoms. The Morgan fingerprint density at radius 3 is 2.73 bits per heavy atom. The van der Waals surface area contributed by atoms with E-state index in [1.54, 1.807) is 11.7 Å². The van der Waals surface area contributed by atoms with Crippen molar-refractivity contribution in [1.82, 2.24) is 24.6 Å². The van der Waals surface area contributed by atoms with E-state index in [-0.39, 0.29) is 23.4 Å². The molecular weight excluding hydrogens is 330 g/mol. The van der Waals surface area contributed by atoms with Crippen LogP contribution in [-0.4, -0.2) is 31.8 Å². The molecule has 1 N–H and O–H groups in total. The largest absolute Gasteiger partial charge is 0.354 e. The summed E-state index contributed by atoms with van der Waals surface area (Å²) in [6.45, 7) is 0.550. The molecular formula is C19H21N5O2. The molecule has 0 bridgehead atoms. The van der Waals surface area contributed by atoms with E-state index in [4.69, 9.17) is 0 Å². The first-order valence-electron chi connectivity index (χ1n) is 8.78. The van der Waals surface area contributed by atoms with E-state index in [9.17, 15) is 9.59 Å². The van der Waals surface area contributed by atoms with Crippen LogP contribution in [0.2, 0.25) is 0 Å². The zero-order valence-corrected chi connectivity index (χ0v) is 14.7. The number of aromatic nitrogens is 4. The van der Waals surface area contributed by atoms with E-state index in [0.29, 0.717) is 17.6 Å². The Labute approximate surface area is 150 Å². The number of nitrogens with one attached hydrogen (secondary N) is 1. The Morgan fingerprint density at radius 1 is 1.27 bits per heavy atom. The van der Waals surface area contributed by atoms with Crippen LogP contribution in [0.25, 0.3) is 11.0 Å². The molecule has 1 aliphatic rings. The number of rotatable bonds is 5. The molecule has 1 fully saturated rings. The van der Waals surface area contributed by atoms with E-state index < -0.39 is 0 Å². The van der Waals surface area contributed by atoms with Gasteiger partial charge < -0.3 is 5.32 Å². The predicted molar refractivity (Wildman–Crippen MR) is 97.7 cm³/mol. The first-order valence-corrected chi connectivity index (χ1v) is 8.78. The molecule has 0 radical (unpaired) electrons. The van der Waals surface area contributed by atoms with E-state index in [0.717, 1.165) is 12.8 Å². The number of hydrogen-bond acceptors (Lipinski definition) is 4. The highest BCUT2D eigenvalue weighted by molar-refractivity contribution is 5.77. The average molecular weight is 351 g/mol. The lowest BCUT2D eigenvalue weighted by Gasteiger charge is -2.42. The SMILES string of the molecule is Cn1ncc2c(=O)n(CC(=O)NCC3(c4ccccc4)CCC3)cnc21. The first-order chi connectivity index (χ1) is 12.6. The van der Waals surface area contributed by atoms with Gasteiger partial charge in [-0.25, -0.2) is 4.98 Å². The fourth-order valence-corrected chi connectivity index (χ4v) is 3.62. The highest BCUT2D eigenvalue weighted by atomic mass is 16.2. The van der Waals surface area contributed by atoms with Crippen molar-refractivity contribution in [1.29, 1.82) is 0 Å². The molecule has 7 nitrogen and oxygen atoms in total. The second-order valence-electron chi connectivity index (χ2n) is 6.96. The van der Waals surface area contributed by atoms with Crippen molar-refractivity contribution in [3.63, 3.8) is 0 Å². The van der Waals surface area contributed by atoms with Crippen molar-refractivity contribution in [2.75, 3.05) is 6.54 Å². The second kappa shape index (κ2) is 6.40. The molecule has 2 heterocycles. The lowest BCUT2D eigenvalue weighted by Crippen LogP contribution is -2.46. The van der Waals surface area contributed by atoms with Gasteiger partial charge in [0.15, 0.2) is 5.65 Å². The summed E-state index contributed by atoms with van der Waals surface area (Å²) in [6, 6.07) is 10.3. The molecule has 134 valence electrons. The van der Waals surface area contributed by atoms with Crippen molar-refractivity contribution in [2.45, 2.75) is 31.2 Å². The minimum Gasteiger partial charge on any atom is -0.354 e. The van der Waals surface area contributed by atoms with E-state index in [1.165, 1.54) is 29.1 Å². The maximum absolute atomic E-state index is 12.5. The van der Waals surface area contributed by atoms with Crippen molar-refractivity contribution >= 4 is 16.9 Å². The molecule has 3 aromatic rings. The molecule has 0 atom stereocenters. The maximum atomic E-state index is 12.5. The number of carbonyl (C=O) groups is 1. The van der Waals surface area contributed by atoms with E-state index >= 15 is 0 Å². The van der Waals surface area contributed by atoms with E-state index in [1.807, 2.05) is 18.2 Å². The molecule has 0 saturated heterocycles. The Bertz CT molecular complexity index is 1000. The Morgan fingerprint density at radius 2 is 2.04 bits per heavy atom. The molecule has 1 aliphatic carbocycles. The van der Waals surface area contributed by atoms with Gasteiger partial charge in [0.05, 0.1) is 6.20 Å². The van der Waals surface area contributed by atoms with Gasteiger partial charge in [-0.1, -0.05) is 36.8 Å². The van der Waals surface area contributed by atoms with Gasteiger partial charge in [-0.2, -0.15) is 5.10 Å². The average Bonchev–Trinajstić information content (AvgIpc) is 2.99. The van der Waals surface area contributed by atoms with Gasteiger partial charge in [-0.15, -0.1) is 0 Å². The highest BCUT2D eigenvalue weighted by Crippen LogP contribution is 2.43. The summed E-state index contributed by atoms with van der Waals surface area (Å²) in [4.78, 5) is 29.1. The van der Waals surface area contributed by atoms with Crippen molar-refractivity contribution in [3.8, 4) is 0 Å². The van der Waals surface area contributed by atoms with Gasteiger partial charge in [0.1, 0.15) is 18.3 Å². The normalized spacial score (nSPS) is 15.6. The standard InChI is InChI=1S/C19H21N5O2/c1-23-17-15(10-22-23)18(26)24(13-21-17)11-16(25)20-12-19(8-5-9-19)14-6-3-2-4-7-14/h2-4,6-7,10,13H,5,8-9,11-12H2,1H3,(H,20,25). The van der Waals surface area contributed by atoms with Crippen molar-refractivity contribution in [3.05, 3.63) is 58.8 Å². The van der Waals surface area contributed by atoms with Crippen LogP contribution >= 0.6 is 0 Å². The maximum Gasteiger partial charge on any atom is 0.264 e. The van der Waals surface area contributed by atoms with Crippen molar-refractivity contribution < 1.29 is 4.79 Å². The third-order valence-corrected chi connectivity index (χ3v) is 5.35. The molecule has 26 heavy (non-hydrogen) atoms. The van der Waals surface area contributed by atoms with Gasteiger partial charge in [0, 0.05) is 19.0 Å². The zero-order chi connectivity index (χ0) is 18.1. The molecule has 0 spiro atoms. The summed E-state index contributed by atoms with van der Waals surface area (Å²) in [5.74, 6) is -0.181. The fourth-order valence-electron chi connectivity index (χ4n) is 3.62. The van der Waals surface area contributed by atoms with Crippen LogP contribution in [-0.2, 0) is 23.8 Å². The summed E-state index contributed by atoms with van der Waals surface area (Å²) < 4.78 is 2.87. The number of amides is 1. The van der Waals surface area contributed by atoms with Crippen molar-refractivity contribution in [2.24, 2.45) is 7.05 Å². The summed E-state index contributed by atoms with van der Waals surface area (Å²) in [5, 5.41) is 7.46. The monoisotopic (exact) mass is 351 g/mol. The van der Waals surface area contributed by atoms with Gasteiger partial charge in [-0.3, -0.25) is 18.8 Å². The summed E-state index contributed by atoms with van der Waals surface area (Å²) in [5.41, 5.74) is 1.55. The van der Waals surface area contributed by atoms with Gasteiger partial charge >= 0.3 is 0 Å². The van der Waals surface area contributed by atoms with E-state index in [2.05, 4.69) is 27.5 Å². The lowest BCUT2D eigenvalue weighted by atomic mass is 9.64. The number of fused-ring (bicyclic) bond motifs is 1. The topological polar surface area (TPSA) is 81.8 Å². The summed E-state index contributed by atoms with van der Waals surface area (Å²) >= 11 is 0. The molecule has 4 rings (SSSR count). The number of aryl methyl sites for hydroxylation is 1. The van der Waals surface area contributed by atoms with Gasteiger partial charge in [0.25, 0.3) is 5.56 Å². The molecule has 0 aliphatic heterocycles. The minimum atomic E-state index is -0.250. The molecule has 2 aromatic heterocycles. The smallest absolute Gasteiger partial charge is 0.264 e. The summed E-state index contributed by atoms with van der Waals surface area (Å²) in [6.07, 6.45) is 6.20.